The molecule has 0 amide bonds. The fourth-order valence-electron chi connectivity index (χ4n) is 1.57. The van der Waals surface area contributed by atoms with E-state index in [0.29, 0.717) is 22.8 Å². The fourth-order valence-corrected chi connectivity index (χ4v) is 2.66. The third kappa shape index (κ3) is 3.33. The zero-order chi connectivity index (χ0) is 13.8. The van der Waals surface area contributed by atoms with Gasteiger partial charge in [0, 0.05) is 4.90 Å². The molecule has 2 rings (SSSR count). The Labute approximate surface area is 121 Å². The van der Waals surface area contributed by atoms with Gasteiger partial charge in [-0.2, -0.15) is 0 Å². The highest BCUT2D eigenvalue weighted by atomic mass is 35.5. The van der Waals surface area contributed by atoms with E-state index in [1.54, 1.807) is 0 Å². The zero-order valence-electron chi connectivity index (χ0n) is 10.6. The predicted molar refractivity (Wildman–Crippen MR) is 77.1 cm³/mol. The summed E-state index contributed by atoms with van der Waals surface area (Å²) in [6, 6.07) is 8.20. The Morgan fingerprint density at radius 3 is 2.47 bits per heavy atom. The number of nitrogens with zero attached hydrogens (tertiary/aromatic N) is 2. The molecule has 0 spiro atoms. The molecule has 0 bridgehead atoms. The summed E-state index contributed by atoms with van der Waals surface area (Å²) in [5.74, 6) is 0.498. The molecule has 0 aliphatic heterocycles. The largest absolute Gasteiger partial charge is 0.298 e. The van der Waals surface area contributed by atoms with Gasteiger partial charge in [0.15, 0.2) is 6.29 Å². The number of aldehydes is 1. The fraction of sp³-hybridized carbons (Fsp3) is 0.214. The Hall–Kier alpha value is -1.39. The lowest BCUT2D eigenvalue weighted by Crippen LogP contribution is -1.93. The highest BCUT2D eigenvalue weighted by Crippen LogP contribution is 2.30. The molecular formula is C14H13ClN2OS. The van der Waals surface area contributed by atoms with Crippen LogP contribution >= 0.6 is 23.4 Å². The first-order valence-corrected chi connectivity index (χ1v) is 7.04. The maximum atomic E-state index is 11.0. The number of benzene rings is 1. The topological polar surface area (TPSA) is 42.9 Å². The van der Waals surface area contributed by atoms with Crippen LogP contribution in [0.15, 0.2) is 40.5 Å². The lowest BCUT2D eigenvalue weighted by atomic mass is 10.0. The summed E-state index contributed by atoms with van der Waals surface area (Å²) in [5.41, 5.74) is 1.61. The van der Waals surface area contributed by atoms with E-state index in [2.05, 4.69) is 35.9 Å². The van der Waals surface area contributed by atoms with E-state index in [0.717, 1.165) is 4.90 Å². The number of carbonyl (C=O) groups excluding carboxylic acids is 1. The van der Waals surface area contributed by atoms with Crippen LogP contribution < -0.4 is 0 Å². The Bertz CT molecular complexity index is 584. The summed E-state index contributed by atoms with van der Waals surface area (Å²) in [4.78, 5) is 19.9. The molecule has 0 N–H and O–H groups in total. The molecule has 0 aliphatic rings. The number of carbonyl (C=O) groups is 1. The first-order chi connectivity index (χ1) is 9.11. The molecule has 0 radical (unpaired) electrons. The summed E-state index contributed by atoms with van der Waals surface area (Å²) < 4.78 is 0. The van der Waals surface area contributed by atoms with Crippen LogP contribution in [0.5, 0.6) is 0 Å². The minimum atomic E-state index is 0.186. The molecule has 0 saturated carbocycles. The van der Waals surface area contributed by atoms with Crippen LogP contribution in [-0.2, 0) is 0 Å². The van der Waals surface area contributed by atoms with Crippen molar-refractivity contribution in [3.63, 3.8) is 0 Å². The first-order valence-electron chi connectivity index (χ1n) is 5.85. The Morgan fingerprint density at radius 2 is 1.89 bits per heavy atom. The quantitative estimate of drug-likeness (QED) is 0.625. The molecule has 5 heteroatoms. The van der Waals surface area contributed by atoms with E-state index in [1.807, 2.05) is 12.1 Å². The van der Waals surface area contributed by atoms with Crippen molar-refractivity contribution in [2.75, 3.05) is 0 Å². The number of hydrogen-bond acceptors (Lipinski definition) is 4. The minimum Gasteiger partial charge on any atom is -0.298 e. The van der Waals surface area contributed by atoms with Crippen molar-refractivity contribution in [1.29, 1.82) is 0 Å². The maximum absolute atomic E-state index is 11.0. The van der Waals surface area contributed by atoms with Crippen molar-refractivity contribution < 1.29 is 4.79 Å². The van der Waals surface area contributed by atoms with Crippen LogP contribution in [0.1, 0.15) is 35.7 Å². The number of hydrogen-bond donors (Lipinski definition) is 0. The van der Waals surface area contributed by atoms with Gasteiger partial charge >= 0.3 is 0 Å². The molecule has 0 saturated heterocycles. The molecule has 3 nitrogen and oxygen atoms in total. The summed E-state index contributed by atoms with van der Waals surface area (Å²) in [7, 11) is 0. The second-order valence-corrected chi connectivity index (χ2v) is 5.75. The average molecular weight is 293 g/mol. The van der Waals surface area contributed by atoms with E-state index in [4.69, 9.17) is 11.6 Å². The number of rotatable bonds is 4. The molecule has 19 heavy (non-hydrogen) atoms. The lowest BCUT2D eigenvalue weighted by Gasteiger charge is -2.07. The summed E-state index contributed by atoms with van der Waals surface area (Å²) in [6.45, 7) is 4.30. The van der Waals surface area contributed by atoms with Crippen molar-refractivity contribution in [2.45, 2.75) is 29.7 Å². The maximum Gasteiger partial charge on any atom is 0.155 e. The van der Waals surface area contributed by atoms with Crippen molar-refractivity contribution in [3.8, 4) is 0 Å². The van der Waals surface area contributed by atoms with Crippen molar-refractivity contribution >= 4 is 29.6 Å². The van der Waals surface area contributed by atoms with Gasteiger partial charge in [-0.1, -0.05) is 49.3 Å². The van der Waals surface area contributed by atoms with Gasteiger partial charge in [0.25, 0.3) is 0 Å². The van der Waals surface area contributed by atoms with Gasteiger partial charge < -0.3 is 0 Å². The van der Waals surface area contributed by atoms with Gasteiger partial charge in [-0.3, -0.25) is 4.79 Å². The van der Waals surface area contributed by atoms with Crippen LogP contribution in [0.2, 0.25) is 5.15 Å². The Balaban J connectivity index is 2.26. The van der Waals surface area contributed by atoms with Gasteiger partial charge in [-0.15, -0.1) is 0 Å². The summed E-state index contributed by atoms with van der Waals surface area (Å²) in [6.07, 6.45) is 2.05. The third-order valence-corrected chi connectivity index (χ3v) is 4.01. The molecule has 1 aromatic heterocycles. The van der Waals surface area contributed by atoms with Crippen molar-refractivity contribution in [1.82, 2.24) is 9.97 Å². The molecule has 98 valence electrons. The van der Waals surface area contributed by atoms with Crippen LogP contribution in [-0.4, -0.2) is 16.3 Å². The monoisotopic (exact) mass is 292 g/mol. The number of halogens is 1. The van der Waals surface area contributed by atoms with Gasteiger partial charge in [0.1, 0.15) is 16.5 Å². The molecular weight excluding hydrogens is 280 g/mol. The Kier molecular flexibility index (Phi) is 4.56. The normalized spacial score (nSPS) is 10.7. The molecule has 1 heterocycles. The number of aromatic nitrogens is 2. The molecule has 0 aliphatic carbocycles. The van der Waals surface area contributed by atoms with E-state index in [1.165, 1.54) is 23.7 Å². The van der Waals surface area contributed by atoms with Crippen LogP contribution in [0, 0.1) is 0 Å². The minimum absolute atomic E-state index is 0.186. The molecule has 0 unspecified atom stereocenters. The third-order valence-electron chi connectivity index (χ3n) is 2.68. The van der Waals surface area contributed by atoms with Crippen LogP contribution in [0.25, 0.3) is 0 Å². The van der Waals surface area contributed by atoms with Crippen LogP contribution in [0.3, 0.4) is 0 Å². The lowest BCUT2D eigenvalue weighted by molar-refractivity contribution is 0.112. The average Bonchev–Trinajstić information content (AvgIpc) is 2.39. The SMILES string of the molecule is CC(C)c1ccc(Sc2ncnc(Cl)c2C=O)cc1. The second kappa shape index (κ2) is 6.17. The van der Waals surface area contributed by atoms with E-state index in [-0.39, 0.29) is 5.15 Å². The smallest absolute Gasteiger partial charge is 0.155 e. The molecule has 0 fully saturated rings. The van der Waals surface area contributed by atoms with E-state index < -0.39 is 0 Å². The molecule has 2 aromatic rings. The molecule has 1 aromatic carbocycles. The summed E-state index contributed by atoms with van der Waals surface area (Å²) >= 11 is 7.27. The summed E-state index contributed by atoms with van der Waals surface area (Å²) in [5, 5.41) is 0.763. The van der Waals surface area contributed by atoms with Crippen molar-refractivity contribution in [2.24, 2.45) is 0 Å². The van der Waals surface area contributed by atoms with Gasteiger partial charge in [-0.05, 0) is 23.6 Å². The van der Waals surface area contributed by atoms with Gasteiger partial charge in [0.05, 0.1) is 5.56 Å². The van der Waals surface area contributed by atoms with Gasteiger partial charge in [0.2, 0.25) is 0 Å². The molecule has 0 atom stereocenters. The Morgan fingerprint density at radius 1 is 1.21 bits per heavy atom. The van der Waals surface area contributed by atoms with Gasteiger partial charge in [-0.25, -0.2) is 9.97 Å². The zero-order valence-corrected chi connectivity index (χ0v) is 12.2. The van der Waals surface area contributed by atoms with Crippen LogP contribution in [0.4, 0.5) is 0 Å². The van der Waals surface area contributed by atoms with Crippen molar-refractivity contribution in [3.05, 3.63) is 46.9 Å². The predicted octanol–water partition coefficient (Wildman–Crippen LogP) is 4.22. The highest BCUT2D eigenvalue weighted by Gasteiger charge is 2.10. The van der Waals surface area contributed by atoms with E-state index in [9.17, 15) is 4.79 Å². The second-order valence-electron chi connectivity index (χ2n) is 4.33. The van der Waals surface area contributed by atoms with E-state index >= 15 is 0 Å². The highest BCUT2D eigenvalue weighted by molar-refractivity contribution is 7.99. The standard InChI is InChI=1S/C14H13ClN2OS/c1-9(2)10-3-5-11(6-4-10)19-14-12(7-18)13(15)16-8-17-14/h3-9H,1-2H3. The first kappa shape index (κ1) is 14.0.